The maximum absolute atomic E-state index is 13.4. The summed E-state index contributed by atoms with van der Waals surface area (Å²) in [6, 6.07) is 14.5. The second kappa shape index (κ2) is 7.61. The highest BCUT2D eigenvalue weighted by atomic mass is 79.9. The second-order valence-corrected chi connectivity index (χ2v) is 6.49. The molecule has 3 aromatic rings. The monoisotopic (exact) mass is 416 g/mol. The van der Waals surface area contributed by atoms with Gasteiger partial charge in [0.2, 0.25) is 0 Å². The van der Waals surface area contributed by atoms with E-state index in [-0.39, 0.29) is 11.1 Å². The molecule has 7 heteroatoms. The first-order valence-electron chi connectivity index (χ1n) is 7.72. The van der Waals surface area contributed by atoms with E-state index in [1.54, 1.807) is 0 Å². The molecule has 0 aliphatic rings. The van der Waals surface area contributed by atoms with Gasteiger partial charge in [0.1, 0.15) is 12.4 Å². The molecule has 0 fully saturated rings. The zero-order valence-electron chi connectivity index (χ0n) is 13.8. The molecule has 0 N–H and O–H groups in total. The van der Waals surface area contributed by atoms with Crippen LogP contribution in [0, 0.1) is 12.7 Å². The minimum atomic E-state index is -0.876. The topological polar surface area (TPSA) is 61.2 Å². The Morgan fingerprint density at radius 3 is 2.58 bits per heavy atom. The number of hydrogen-bond donors (Lipinski definition) is 0. The average molecular weight is 417 g/mol. The van der Waals surface area contributed by atoms with Crippen LogP contribution in [0.3, 0.4) is 0 Å². The zero-order chi connectivity index (χ0) is 18.7. The smallest absolute Gasteiger partial charge is 0.438 e. The number of carbonyl (C=O) groups excluding carboxylic acids is 1. The highest BCUT2D eigenvalue weighted by Gasteiger charge is 2.13. The minimum absolute atomic E-state index is 0.0273. The Hall–Kier alpha value is -2.80. The summed E-state index contributed by atoms with van der Waals surface area (Å²) in [4.78, 5) is 24.2. The van der Waals surface area contributed by atoms with Crippen molar-refractivity contribution in [2.75, 3.05) is 0 Å². The first kappa shape index (κ1) is 18.0. The summed E-state index contributed by atoms with van der Waals surface area (Å²) in [6.45, 7) is 1.98. The first-order chi connectivity index (χ1) is 12.4. The molecule has 0 spiro atoms. The predicted octanol–water partition coefficient (Wildman–Crippen LogP) is 4.31. The molecule has 3 rings (SSSR count). The second-order valence-electron chi connectivity index (χ2n) is 5.64. The van der Waals surface area contributed by atoms with Gasteiger partial charge in [-0.25, -0.2) is 9.18 Å². The predicted molar refractivity (Wildman–Crippen MR) is 98.4 cm³/mol. The van der Waals surface area contributed by atoms with Gasteiger partial charge in [-0.05, 0) is 52.7 Å². The third-order valence-corrected chi connectivity index (χ3v) is 4.28. The largest absolute Gasteiger partial charge is 0.443 e. The van der Waals surface area contributed by atoms with Crippen molar-refractivity contribution >= 4 is 22.0 Å². The van der Waals surface area contributed by atoms with Gasteiger partial charge >= 0.3 is 6.09 Å². The molecule has 0 saturated heterocycles. The lowest BCUT2D eigenvalue weighted by Gasteiger charge is -2.08. The van der Waals surface area contributed by atoms with Gasteiger partial charge in [0, 0.05) is 11.6 Å². The van der Waals surface area contributed by atoms with Crippen LogP contribution >= 0.6 is 15.9 Å². The van der Waals surface area contributed by atoms with Crippen LogP contribution in [0.25, 0.3) is 11.3 Å². The highest BCUT2D eigenvalue weighted by Crippen LogP contribution is 2.23. The first-order valence-corrected chi connectivity index (χ1v) is 8.52. The van der Waals surface area contributed by atoms with Gasteiger partial charge in [0.25, 0.3) is 5.56 Å². The van der Waals surface area contributed by atoms with Crippen LogP contribution in [-0.4, -0.2) is 15.9 Å². The molecule has 1 aromatic heterocycles. The van der Waals surface area contributed by atoms with Gasteiger partial charge in [-0.2, -0.15) is 5.10 Å². The quantitative estimate of drug-likeness (QED) is 0.638. The van der Waals surface area contributed by atoms with Gasteiger partial charge in [-0.3, -0.25) is 4.79 Å². The number of benzene rings is 2. The van der Waals surface area contributed by atoms with Crippen LogP contribution in [-0.2, 0) is 11.3 Å². The van der Waals surface area contributed by atoms with Gasteiger partial charge in [0.15, 0.2) is 0 Å². The van der Waals surface area contributed by atoms with Crippen LogP contribution < -0.4 is 5.56 Å². The van der Waals surface area contributed by atoms with Crippen molar-refractivity contribution in [3.05, 3.63) is 86.4 Å². The number of nitrogens with zero attached hydrogens (tertiary/aromatic N) is 2. The number of carbonyl (C=O) groups is 1. The number of hydrogen-bond acceptors (Lipinski definition) is 4. The van der Waals surface area contributed by atoms with Gasteiger partial charge in [0.05, 0.1) is 10.2 Å². The normalized spacial score (nSPS) is 10.6. The van der Waals surface area contributed by atoms with E-state index >= 15 is 0 Å². The van der Waals surface area contributed by atoms with Crippen molar-refractivity contribution in [3.8, 4) is 11.3 Å². The Labute approximate surface area is 157 Å². The summed E-state index contributed by atoms with van der Waals surface area (Å²) in [7, 11) is 0. The Morgan fingerprint density at radius 2 is 1.88 bits per heavy atom. The van der Waals surface area contributed by atoms with Crippen molar-refractivity contribution in [1.29, 1.82) is 0 Å². The Bertz CT molecular complexity index is 1020. The molecule has 0 amide bonds. The fourth-order valence-electron chi connectivity index (χ4n) is 2.24. The fourth-order valence-corrected chi connectivity index (χ4v) is 2.62. The van der Waals surface area contributed by atoms with Gasteiger partial charge < -0.3 is 4.74 Å². The number of aromatic nitrogens is 2. The molecule has 0 saturated carbocycles. The molecule has 0 atom stereocenters. The molecular weight excluding hydrogens is 403 g/mol. The van der Waals surface area contributed by atoms with E-state index in [0.717, 1.165) is 11.1 Å². The number of ether oxygens (including phenoxy) is 1. The lowest BCUT2D eigenvalue weighted by atomic mass is 10.1. The summed E-state index contributed by atoms with van der Waals surface area (Å²) < 4.78 is 19.5. The fraction of sp³-hybridized carbons (Fsp3) is 0.105. The van der Waals surface area contributed by atoms with E-state index in [9.17, 15) is 14.0 Å². The molecule has 0 unspecified atom stereocenters. The maximum atomic E-state index is 13.4. The molecule has 5 nitrogen and oxygen atoms in total. The minimum Gasteiger partial charge on any atom is -0.443 e. The molecule has 0 radical (unpaired) electrons. The SMILES string of the molecule is Cc1ccc(COC(=O)n2nc(-c3ccc(F)c(Br)c3)ccc2=O)cc1. The lowest BCUT2D eigenvalue weighted by molar-refractivity contribution is 0.136. The molecule has 0 bridgehead atoms. The Kier molecular flexibility index (Phi) is 5.27. The van der Waals surface area contributed by atoms with Gasteiger partial charge in [-0.15, -0.1) is 4.68 Å². The van der Waals surface area contributed by atoms with Gasteiger partial charge in [-0.1, -0.05) is 29.8 Å². The summed E-state index contributed by atoms with van der Waals surface area (Å²) >= 11 is 3.10. The zero-order valence-corrected chi connectivity index (χ0v) is 15.4. The van der Waals surface area contributed by atoms with Crippen molar-refractivity contribution in [3.63, 3.8) is 0 Å². The van der Waals surface area contributed by atoms with E-state index in [1.807, 2.05) is 31.2 Å². The molecule has 0 aliphatic carbocycles. The standard InChI is InChI=1S/C19H14BrFN2O3/c1-12-2-4-13(5-3-12)11-26-19(25)23-18(24)9-8-17(22-23)14-6-7-16(21)15(20)10-14/h2-10H,11H2,1H3. The molecule has 2 aromatic carbocycles. The van der Waals surface area contributed by atoms with Crippen molar-refractivity contribution in [2.24, 2.45) is 0 Å². The van der Waals surface area contributed by atoms with E-state index in [4.69, 9.17) is 4.74 Å². The van der Waals surface area contributed by atoms with Crippen LogP contribution in [0.1, 0.15) is 11.1 Å². The van der Waals surface area contributed by atoms with Crippen molar-refractivity contribution < 1.29 is 13.9 Å². The van der Waals surface area contributed by atoms with E-state index < -0.39 is 17.5 Å². The highest BCUT2D eigenvalue weighted by molar-refractivity contribution is 9.10. The summed E-state index contributed by atoms with van der Waals surface area (Å²) in [6.07, 6.45) is -0.876. The molecule has 0 aliphatic heterocycles. The average Bonchev–Trinajstić information content (AvgIpc) is 2.64. The third-order valence-electron chi connectivity index (χ3n) is 3.67. The van der Waals surface area contributed by atoms with Crippen LogP contribution in [0.4, 0.5) is 9.18 Å². The third kappa shape index (κ3) is 4.05. The van der Waals surface area contributed by atoms with Crippen LogP contribution in [0.2, 0.25) is 0 Å². The Balaban J connectivity index is 1.82. The molecular formula is C19H14BrFN2O3. The summed E-state index contributed by atoms with van der Waals surface area (Å²) in [5.41, 5.74) is 2.19. The maximum Gasteiger partial charge on any atom is 0.438 e. The van der Waals surface area contributed by atoms with Crippen molar-refractivity contribution in [2.45, 2.75) is 13.5 Å². The van der Waals surface area contributed by atoms with E-state index in [0.29, 0.717) is 15.9 Å². The number of aryl methyl sites for hydroxylation is 1. The summed E-state index contributed by atoms with van der Waals surface area (Å²) in [5.74, 6) is -0.417. The lowest BCUT2D eigenvalue weighted by Crippen LogP contribution is -2.29. The molecule has 132 valence electrons. The Morgan fingerprint density at radius 1 is 1.15 bits per heavy atom. The van der Waals surface area contributed by atoms with E-state index in [1.165, 1.54) is 30.3 Å². The number of rotatable bonds is 3. The summed E-state index contributed by atoms with van der Waals surface area (Å²) in [5, 5.41) is 4.03. The molecule has 1 heterocycles. The van der Waals surface area contributed by atoms with Crippen LogP contribution in [0.5, 0.6) is 0 Å². The van der Waals surface area contributed by atoms with E-state index in [2.05, 4.69) is 21.0 Å². The van der Waals surface area contributed by atoms with Crippen molar-refractivity contribution in [1.82, 2.24) is 9.78 Å². The molecule has 26 heavy (non-hydrogen) atoms. The number of halogens is 2. The van der Waals surface area contributed by atoms with Crippen LogP contribution in [0.15, 0.2) is 63.9 Å².